The first-order valence-corrected chi connectivity index (χ1v) is 8.23. The van der Waals surface area contributed by atoms with E-state index in [4.69, 9.17) is 5.73 Å². The first-order valence-electron chi connectivity index (χ1n) is 7.35. The molecule has 0 saturated heterocycles. The molecule has 1 aromatic heterocycles. The fraction of sp³-hybridized carbons (Fsp3) is 0.222. The summed E-state index contributed by atoms with van der Waals surface area (Å²) in [5, 5.41) is 3.70. The number of anilines is 1. The lowest BCUT2D eigenvalue weighted by molar-refractivity contribution is 0.247. The van der Waals surface area contributed by atoms with Crippen molar-refractivity contribution in [2.24, 2.45) is 0 Å². The highest BCUT2D eigenvalue weighted by molar-refractivity contribution is 7.17. The fourth-order valence-electron chi connectivity index (χ4n) is 3.19. The minimum absolute atomic E-state index is 0.937. The van der Waals surface area contributed by atoms with Gasteiger partial charge in [-0.3, -0.25) is 4.90 Å². The first-order chi connectivity index (χ1) is 10.3. The van der Waals surface area contributed by atoms with E-state index in [-0.39, 0.29) is 0 Å². The molecule has 2 aromatic carbocycles. The maximum atomic E-state index is 6.14. The van der Waals surface area contributed by atoms with Crippen molar-refractivity contribution in [3.8, 4) is 0 Å². The Balaban J connectivity index is 1.60. The summed E-state index contributed by atoms with van der Waals surface area (Å²) in [4.78, 5) is 2.51. The Morgan fingerprint density at radius 2 is 2.00 bits per heavy atom. The van der Waals surface area contributed by atoms with Gasteiger partial charge in [0.2, 0.25) is 0 Å². The van der Waals surface area contributed by atoms with Gasteiger partial charge in [0, 0.05) is 30.0 Å². The van der Waals surface area contributed by atoms with Crippen LogP contribution in [0.15, 0.2) is 47.8 Å². The van der Waals surface area contributed by atoms with E-state index in [1.54, 1.807) is 0 Å². The highest BCUT2D eigenvalue weighted by Crippen LogP contribution is 2.29. The summed E-state index contributed by atoms with van der Waals surface area (Å²) in [6, 6.07) is 15.0. The first kappa shape index (κ1) is 12.9. The number of fused-ring (bicyclic) bond motifs is 2. The Kier molecular flexibility index (Phi) is 3.17. The molecule has 0 amide bonds. The van der Waals surface area contributed by atoms with Gasteiger partial charge in [-0.15, -0.1) is 11.3 Å². The van der Waals surface area contributed by atoms with E-state index in [0.29, 0.717) is 0 Å². The molecule has 2 N–H and O–H groups in total. The largest absolute Gasteiger partial charge is 0.398 e. The third-order valence-electron chi connectivity index (χ3n) is 4.34. The molecular weight excluding hydrogens is 276 g/mol. The molecular formula is C18H18N2S. The maximum Gasteiger partial charge on any atom is 0.0362 e. The molecule has 0 unspecified atom stereocenters. The second-order valence-electron chi connectivity index (χ2n) is 5.70. The second kappa shape index (κ2) is 5.17. The van der Waals surface area contributed by atoms with Crippen LogP contribution in [0, 0.1) is 0 Å². The van der Waals surface area contributed by atoms with Crippen LogP contribution in [0.3, 0.4) is 0 Å². The van der Waals surface area contributed by atoms with Gasteiger partial charge in [0.25, 0.3) is 0 Å². The molecule has 0 spiro atoms. The Hall–Kier alpha value is -1.84. The molecule has 0 fully saturated rings. The smallest absolute Gasteiger partial charge is 0.0362 e. The van der Waals surface area contributed by atoms with Crippen molar-refractivity contribution in [2.75, 3.05) is 12.3 Å². The monoisotopic (exact) mass is 294 g/mol. The number of hydrogen-bond donors (Lipinski definition) is 1. The van der Waals surface area contributed by atoms with Crippen LogP contribution >= 0.6 is 11.3 Å². The number of nitrogens with two attached hydrogens (primary N) is 1. The molecule has 3 heteroatoms. The second-order valence-corrected chi connectivity index (χ2v) is 6.61. The standard InChI is InChI=1S/C18H18N2S/c19-17-6-3-4-13-8-9-20(11-16(13)17)10-14-12-21-18-7-2-1-5-15(14)18/h1-7,12H,8-11,19H2. The van der Waals surface area contributed by atoms with Crippen LogP contribution in [-0.4, -0.2) is 11.4 Å². The van der Waals surface area contributed by atoms with Gasteiger partial charge < -0.3 is 5.73 Å². The van der Waals surface area contributed by atoms with E-state index < -0.39 is 0 Å². The summed E-state index contributed by atoms with van der Waals surface area (Å²) in [5.74, 6) is 0. The normalized spacial score (nSPS) is 15.2. The van der Waals surface area contributed by atoms with E-state index in [9.17, 15) is 0 Å². The van der Waals surface area contributed by atoms with Crippen LogP contribution in [0.5, 0.6) is 0 Å². The van der Waals surface area contributed by atoms with Crippen LogP contribution in [0.25, 0.3) is 10.1 Å². The molecule has 21 heavy (non-hydrogen) atoms. The average Bonchev–Trinajstić information content (AvgIpc) is 2.92. The van der Waals surface area contributed by atoms with Crippen molar-refractivity contribution >= 4 is 27.1 Å². The molecule has 0 atom stereocenters. The Morgan fingerprint density at radius 3 is 2.95 bits per heavy atom. The Labute approximate surface area is 128 Å². The molecule has 2 heterocycles. The minimum atomic E-state index is 0.937. The molecule has 1 aliphatic rings. The highest BCUT2D eigenvalue weighted by atomic mass is 32.1. The lowest BCUT2D eigenvalue weighted by Gasteiger charge is -2.29. The Bertz CT molecular complexity index is 791. The summed E-state index contributed by atoms with van der Waals surface area (Å²) in [6.45, 7) is 3.09. The molecule has 0 aliphatic carbocycles. The number of rotatable bonds is 2. The summed E-state index contributed by atoms with van der Waals surface area (Å²) in [5.41, 5.74) is 11.3. The summed E-state index contributed by atoms with van der Waals surface area (Å²) in [7, 11) is 0. The van der Waals surface area contributed by atoms with Crippen molar-refractivity contribution in [3.05, 3.63) is 64.5 Å². The third kappa shape index (κ3) is 2.33. The Morgan fingerprint density at radius 1 is 1.10 bits per heavy atom. The summed E-state index contributed by atoms with van der Waals surface area (Å²) < 4.78 is 1.38. The fourth-order valence-corrected chi connectivity index (χ4v) is 4.15. The third-order valence-corrected chi connectivity index (χ3v) is 5.36. The van der Waals surface area contributed by atoms with Crippen molar-refractivity contribution in [2.45, 2.75) is 19.5 Å². The van der Waals surface area contributed by atoms with Gasteiger partial charge in [-0.25, -0.2) is 0 Å². The topological polar surface area (TPSA) is 29.3 Å². The molecule has 1 aliphatic heterocycles. The van der Waals surface area contributed by atoms with Crippen LogP contribution in [0.1, 0.15) is 16.7 Å². The number of nitrogens with zero attached hydrogens (tertiary/aromatic N) is 1. The lowest BCUT2D eigenvalue weighted by Crippen LogP contribution is -2.30. The number of thiophene rings is 1. The average molecular weight is 294 g/mol. The zero-order valence-corrected chi connectivity index (χ0v) is 12.7. The van der Waals surface area contributed by atoms with E-state index in [0.717, 1.165) is 31.7 Å². The van der Waals surface area contributed by atoms with Crippen molar-refractivity contribution in [1.29, 1.82) is 0 Å². The van der Waals surface area contributed by atoms with E-state index in [2.05, 4.69) is 46.7 Å². The molecule has 0 bridgehead atoms. The van der Waals surface area contributed by atoms with Crippen LogP contribution in [-0.2, 0) is 19.5 Å². The molecule has 0 radical (unpaired) electrons. The van der Waals surface area contributed by atoms with Gasteiger partial charge in [-0.05, 0) is 46.0 Å². The molecule has 106 valence electrons. The predicted molar refractivity (Wildman–Crippen MR) is 90.5 cm³/mol. The van der Waals surface area contributed by atoms with E-state index >= 15 is 0 Å². The highest BCUT2D eigenvalue weighted by Gasteiger charge is 2.19. The molecule has 0 saturated carbocycles. The van der Waals surface area contributed by atoms with Crippen LogP contribution < -0.4 is 5.73 Å². The molecule has 4 rings (SSSR count). The number of nitrogen functional groups attached to an aromatic ring is 1. The zero-order chi connectivity index (χ0) is 14.2. The number of hydrogen-bond acceptors (Lipinski definition) is 3. The van der Waals surface area contributed by atoms with Crippen molar-refractivity contribution < 1.29 is 0 Å². The molecule has 3 aromatic rings. The van der Waals surface area contributed by atoms with E-state index in [1.165, 1.54) is 26.8 Å². The van der Waals surface area contributed by atoms with Gasteiger partial charge in [0.05, 0.1) is 0 Å². The van der Waals surface area contributed by atoms with Gasteiger partial charge in [-0.2, -0.15) is 0 Å². The number of benzene rings is 2. The lowest BCUT2D eigenvalue weighted by atomic mass is 9.98. The predicted octanol–water partition coefficient (Wildman–Crippen LogP) is 4.04. The zero-order valence-electron chi connectivity index (χ0n) is 11.9. The minimum Gasteiger partial charge on any atom is -0.398 e. The van der Waals surface area contributed by atoms with Crippen LogP contribution in [0.4, 0.5) is 5.69 Å². The van der Waals surface area contributed by atoms with Gasteiger partial charge >= 0.3 is 0 Å². The van der Waals surface area contributed by atoms with E-state index in [1.807, 2.05) is 17.4 Å². The van der Waals surface area contributed by atoms with Crippen molar-refractivity contribution in [3.63, 3.8) is 0 Å². The quantitative estimate of drug-likeness (QED) is 0.723. The maximum absolute atomic E-state index is 6.14. The molecule has 2 nitrogen and oxygen atoms in total. The SMILES string of the molecule is Nc1cccc2c1CN(Cc1csc3ccccc13)CC2. The van der Waals surface area contributed by atoms with Gasteiger partial charge in [0.15, 0.2) is 0 Å². The van der Waals surface area contributed by atoms with Gasteiger partial charge in [-0.1, -0.05) is 30.3 Å². The summed E-state index contributed by atoms with van der Waals surface area (Å²) >= 11 is 1.84. The van der Waals surface area contributed by atoms with Crippen molar-refractivity contribution in [1.82, 2.24) is 4.90 Å². The van der Waals surface area contributed by atoms with Gasteiger partial charge in [0.1, 0.15) is 0 Å². The van der Waals surface area contributed by atoms with Crippen LogP contribution in [0.2, 0.25) is 0 Å². The summed E-state index contributed by atoms with van der Waals surface area (Å²) in [6.07, 6.45) is 1.10.